The van der Waals surface area contributed by atoms with Crippen LogP contribution in [0.15, 0.2) is 97.1 Å². The fraction of sp³-hybridized carbons (Fsp3) is 0.241. The maximum Gasteiger partial charge on any atom is 0.247 e. The summed E-state index contributed by atoms with van der Waals surface area (Å²) >= 11 is 0. The average Bonchev–Trinajstić information content (AvgIpc) is 2.88. The van der Waals surface area contributed by atoms with Crippen LogP contribution in [-0.2, 0) is 28.1 Å². The van der Waals surface area contributed by atoms with Gasteiger partial charge in [0.05, 0.1) is 5.41 Å². The molecule has 3 aromatic rings. The first-order valence-corrected chi connectivity index (χ1v) is 11.6. The monoisotopic (exact) mass is 436 g/mol. The first-order chi connectivity index (χ1) is 16.2. The van der Waals surface area contributed by atoms with E-state index in [1.165, 1.54) is 0 Å². The first-order valence-electron chi connectivity index (χ1n) is 11.6. The van der Waals surface area contributed by atoms with Crippen LogP contribution in [0.25, 0.3) is 0 Å². The Labute approximate surface area is 194 Å². The van der Waals surface area contributed by atoms with Gasteiger partial charge in [-0.25, -0.2) is 0 Å². The molecule has 2 amide bonds. The van der Waals surface area contributed by atoms with Crippen molar-refractivity contribution >= 4 is 11.8 Å². The number of hydrogen-bond donors (Lipinski definition) is 1. The topological polar surface area (TPSA) is 49.4 Å². The van der Waals surface area contributed by atoms with E-state index in [1.807, 2.05) is 84.9 Å². The van der Waals surface area contributed by atoms with E-state index in [0.29, 0.717) is 13.1 Å². The Bertz CT molecular complexity index is 1170. The molecule has 1 spiro atoms. The molecule has 5 rings (SSSR count). The summed E-state index contributed by atoms with van der Waals surface area (Å²) in [6.07, 6.45) is 6.91. The average molecular weight is 437 g/mol. The lowest BCUT2D eigenvalue weighted by Crippen LogP contribution is -2.55. The van der Waals surface area contributed by atoms with Gasteiger partial charge in [0.15, 0.2) is 0 Å². The minimum atomic E-state index is -0.695. The molecular weight excluding hydrogens is 408 g/mol. The molecular formula is C29H28N2O2. The van der Waals surface area contributed by atoms with Crippen LogP contribution in [0.1, 0.15) is 47.6 Å². The van der Waals surface area contributed by atoms with Gasteiger partial charge >= 0.3 is 0 Å². The number of fused-ring (bicyclic) bond motifs is 2. The van der Waals surface area contributed by atoms with Crippen molar-refractivity contribution in [2.24, 2.45) is 0 Å². The standard InChI is InChI=1S/C29H28N2O2/c32-27(30-20-22-12-4-1-5-13-22)26-24-16-8-9-17-25(24)29(18-10-3-11-19-29)28(33)31(26)21-23-14-6-2-7-15-23/h1-2,4-10,12-18,26H,3,11,19-21H2,(H,30,32). The molecule has 4 nitrogen and oxygen atoms in total. The van der Waals surface area contributed by atoms with E-state index in [4.69, 9.17) is 0 Å². The number of allylic oxidation sites excluding steroid dienone is 1. The molecule has 166 valence electrons. The zero-order valence-electron chi connectivity index (χ0n) is 18.6. The van der Waals surface area contributed by atoms with E-state index in [9.17, 15) is 9.59 Å². The van der Waals surface area contributed by atoms with Crippen LogP contribution in [0, 0.1) is 0 Å². The normalized spacial score (nSPS) is 21.6. The Morgan fingerprint density at radius 3 is 2.27 bits per heavy atom. The summed E-state index contributed by atoms with van der Waals surface area (Å²) in [4.78, 5) is 29.6. The highest BCUT2D eigenvalue weighted by Crippen LogP contribution is 2.46. The number of amides is 2. The summed E-state index contributed by atoms with van der Waals surface area (Å²) < 4.78 is 0. The van der Waals surface area contributed by atoms with Crippen LogP contribution in [0.3, 0.4) is 0 Å². The second-order valence-electron chi connectivity index (χ2n) is 8.88. The molecule has 1 aliphatic heterocycles. The number of nitrogens with one attached hydrogen (secondary N) is 1. The maximum absolute atomic E-state index is 14.2. The molecule has 1 heterocycles. The summed E-state index contributed by atoms with van der Waals surface area (Å²) in [5.41, 5.74) is 3.24. The summed E-state index contributed by atoms with van der Waals surface area (Å²) in [6.45, 7) is 0.823. The largest absolute Gasteiger partial charge is 0.350 e. The fourth-order valence-corrected chi connectivity index (χ4v) is 5.18. The Morgan fingerprint density at radius 1 is 0.909 bits per heavy atom. The Hall–Kier alpha value is -3.66. The lowest BCUT2D eigenvalue weighted by atomic mass is 9.67. The van der Waals surface area contributed by atoms with Crippen molar-refractivity contribution < 1.29 is 9.59 Å². The van der Waals surface area contributed by atoms with Gasteiger partial charge in [0.25, 0.3) is 0 Å². The zero-order valence-corrected chi connectivity index (χ0v) is 18.6. The predicted octanol–water partition coefficient (Wildman–Crippen LogP) is 5.06. The molecule has 1 aliphatic carbocycles. The molecule has 0 fully saturated rings. The van der Waals surface area contributed by atoms with Gasteiger partial charge in [-0.05, 0) is 41.5 Å². The van der Waals surface area contributed by atoms with E-state index in [2.05, 4.69) is 17.5 Å². The maximum atomic E-state index is 14.2. The Balaban J connectivity index is 1.56. The van der Waals surface area contributed by atoms with Crippen LogP contribution in [0.5, 0.6) is 0 Å². The Kier molecular flexibility index (Phi) is 5.82. The lowest BCUT2D eigenvalue weighted by Gasteiger charge is -2.46. The summed E-state index contributed by atoms with van der Waals surface area (Å²) in [6, 6.07) is 27.1. The molecule has 0 saturated carbocycles. The third kappa shape index (κ3) is 3.97. The Morgan fingerprint density at radius 2 is 1.58 bits per heavy atom. The smallest absolute Gasteiger partial charge is 0.247 e. The van der Waals surface area contributed by atoms with Crippen LogP contribution in [0.4, 0.5) is 0 Å². The highest BCUT2D eigenvalue weighted by molar-refractivity contribution is 5.99. The van der Waals surface area contributed by atoms with E-state index in [1.54, 1.807) is 4.90 Å². The van der Waals surface area contributed by atoms with Gasteiger partial charge in [-0.2, -0.15) is 0 Å². The molecule has 0 bridgehead atoms. The molecule has 0 saturated heterocycles. The molecule has 0 aromatic heterocycles. The second kappa shape index (κ2) is 9.07. The van der Waals surface area contributed by atoms with Crippen LogP contribution in [-0.4, -0.2) is 16.7 Å². The number of carbonyl (C=O) groups is 2. The lowest BCUT2D eigenvalue weighted by molar-refractivity contribution is -0.147. The molecule has 1 N–H and O–H groups in total. The van der Waals surface area contributed by atoms with E-state index >= 15 is 0 Å². The van der Waals surface area contributed by atoms with Gasteiger partial charge in [-0.1, -0.05) is 97.1 Å². The third-order valence-corrected chi connectivity index (χ3v) is 6.79. The second-order valence-corrected chi connectivity index (χ2v) is 8.88. The predicted molar refractivity (Wildman–Crippen MR) is 129 cm³/mol. The number of hydrogen-bond acceptors (Lipinski definition) is 2. The molecule has 33 heavy (non-hydrogen) atoms. The SMILES string of the molecule is O=C(NCc1ccccc1)C1c2ccccc2C2(C=CCCC2)C(=O)N1Cc1ccccc1. The summed E-state index contributed by atoms with van der Waals surface area (Å²) in [7, 11) is 0. The van der Waals surface area contributed by atoms with Crippen molar-refractivity contribution in [3.8, 4) is 0 Å². The van der Waals surface area contributed by atoms with Gasteiger partial charge in [0.2, 0.25) is 11.8 Å². The van der Waals surface area contributed by atoms with Gasteiger partial charge in [-0.3, -0.25) is 9.59 Å². The molecule has 2 atom stereocenters. The van der Waals surface area contributed by atoms with E-state index in [-0.39, 0.29) is 11.8 Å². The van der Waals surface area contributed by atoms with Crippen molar-refractivity contribution in [1.29, 1.82) is 0 Å². The summed E-state index contributed by atoms with van der Waals surface area (Å²) in [5.74, 6) is -0.133. The molecule has 3 aromatic carbocycles. The number of rotatable bonds is 5. The van der Waals surface area contributed by atoms with Crippen LogP contribution in [0.2, 0.25) is 0 Å². The van der Waals surface area contributed by atoms with Crippen molar-refractivity contribution in [3.63, 3.8) is 0 Å². The third-order valence-electron chi connectivity index (χ3n) is 6.79. The highest BCUT2D eigenvalue weighted by Gasteiger charge is 2.51. The molecule has 2 unspecified atom stereocenters. The highest BCUT2D eigenvalue weighted by atomic mass is 16.2. The van der Waals surface area contributed by atoms with E-state index < -0.39 is 11.5 Å². The summed E-state index contributed by atoms with van der Waals surface area (Å²) in [5, 5.41) is 3.09. The molecule has 4 heteroatoms. The number of nitrogens with zero attached hydrogens (tertiary/aromatic N) is 1. The van der Waals surface area contributed by atoms with Crippen molar-refractivity contribution in [2.75, 3.05) is 0 Å². The van der Waals surface area contributed by atoms with Gasteiger partial charge in [0.1, 0.15) is 6.04 Å². The zero-order chi connectivity index (χ0) is 22.7. The molecule has 2 aliphatic rings. The number of carbonyl (C=O) groups excluding carboxylic acids is 2. The minimum absolute atomic E-state index is 0.0147. The van der Waals surface area contributed by atoms with Crippen molar-refractivity contribution in [3.05, 3.63) is 119 Å². The van der Waals surface area contributed by atoms with Crippen molar-refractivity contribution in [1.82, 2.24) is 10.2 Å². The van der Waals surface area contributed by atoms with Gasteiger partial charge < -0.3 is 10.2 Å². The fourth-order valence-electron chi connectivity index (χ4n) is 5.18. The van der Waals surface area contributed by atoms with E-state index in [0.717, 1.165) is 41.5 Å². The van der Waals surface area contributed by atoms with Crippen LogP contribution < -0.4 is 5.32 Å². The van der Waals surface area contributed by atoms with Crippen LogP contribution >= 0.6 is 0 Å². The molecule has 0 radical (unpaired) electrons. The first kappa shape index (κ1) is 21.2. The quantitative estimate of drug-likeness (QED) is 0.568. The van der Waals surface area contributed by atoms with Gasteiger partial charge in [-0.15, -0.1) is 0 Å². The van der Waals surface area contributed by atoms with Gasteiger partial charge in [0, 0.05) is 13.1 Å². The van der Waals surface area contributed by atoms with Crippen molar-refractivity contribution in [2.45, 2.75) is 43.8 Å². The number of benzene rings is 3. The minimum Gasteiger partial charge on any atom is -0.350 e.